The molecular weight excluding hydrogens is 307 g/mol. The molecule has 0 atom stereocenters. The highest BCUT2D eigenvalue weighted by molar-refractivity contribution is 7.80. The SMILES string of the molecule is NC(=S)c1cc(NCc2nccs2)ccc1C(F)(F)F. The molecule has 0 amide bonds. The molecule has 8 heteroatoms. The van der Waals surface area contributed by atoms with Gasteiger partial charge in [-0.15, -0.1) is 11.3 Å². The van der Waals surface area contributed by atoms with Gasteiger partial charge in [-0.2, -0.15) is 13.2 Å². The third-order valence-corrected chi connectivity index (χ3v) is 3.52. The smallest absolute Gasteiger partial charge is 0.389 e. The van der Waals surface area contributed by atoms with Gasteiger partial charge >= 0.3 is 6.18 Å². The van der Waals surface area contributed by atoms with Crippen molar-refractivity contribution in [3.8, 4) is 0 Å². The van der Waals surface area contributed by atoms with Crippen LogP contribution in [-0.4, -0.2) is 9.97 Å². The topological polar surface area (TPSA) is 50.9 Å². The van der Waals surface area contributed by atoms with E-state index >= 15 is 0 Å². The molecule has 3 N–H and O–H groups in total. The number of alkyl halides is 3. The van der Waals surface area contributed by atoms with E-state index in [4.69, 9.17) is 5.73 Å². The molecule has 0 fully saturated rings. The van der Waals surface area contributed by atoms with Crippen LogP contribution in [0.3, 0.4) is 0 Å². The number of nitrogens with two attached hydrogens (primary N) is 1. The first-order valence-corrected chi connectivity index (χ1v) is 6.80. The van der Waals surface area contributed by atoms with Crippen molar-refractivity contribution < 1.29 is 13.2 Å². The van der Waals surface area contributed by atoms with Crippen LogP contribution in [0.1, 0.15) is 16.1 Å². The summed E-state index contributed by atoms with van der Waals surface area (Å²) in [6.45, 7) is 0.430. The first kappa shape index (κ1) is 14.7. The van der Waals surface area contributed by atoms with Crippen LogP contribution in [0.5, 0.6) is 0 Å². The zero-order valence-electron chi connectivity index (χ0n) is 10.1. The maximum atomic E-state index is 12.8. The van der Waals surface area contributed by atoms with Gasteiger partial charge in [0.05, 0.1) is 12.1 Å². The van der Waals surface area contributed by atoms with Gasteiger partial charge in [0.25, 0.3) is 0 Å². The van der Waals surface area contributed by atoms with Crippen LogP contribution in [0.15, 0.2) is 29.8 Å². The predicted molar refractivity (Wildman–Crippen MR) is 76.8 cm³/mol. The second-order valence-electron chi connectivity index (χ2n) is 3.90. The Bertz CT molecular complexity index is 609. The van der Waals surface area contributed by atoms with Gasteiger partial charge in [-0.05, 0) is 18.2 Å². The average Bonchev–Trinajstić information content (AvgIpc) is 2.88. The van der Waals surface area contributed by atoms with Crippen molar-refractivity contribution in [2.75, 3.05) is 5.32 Å². The molecule has 0 radical (unpaired) electrons. The lowest BCUT2D eigenvalue weighted by Gasteiger charge is -2.14. The van der Waals surface area contributed by atoms with Crippen molar-refractivity contribution in [3.05, 3.63) is 45.9 Å². The van der Waals surface area contributed by atoms with Crippen molar-refractivity contribution in [1.29, 1.82) is 0 Å². The second kappa shape index (κ2) is 5.76. The minimum atomic E-state index is -4.48. The van der Waals surface area contributed by atoms with Crippen LogP contribution in [0.25, 0.3) is 0 Å². The summed E-state index contributed by atoms with van der Waals surface area (Å²) >= 11 is 6.14. The van der Waals surface area contributed by atoms with Crippen LogP contribution in [-0.2, 0) is 12.7 Å². The number of hydrogen-bond donors (Lipinski definition) is 2. The molecule has 0 unspecified atom stereocenters. The van der Waals surface area contributed by atoms with E-state index in [1.807, 2.05) is 5.38 Å². The molecular formula is C12H10F3N3S2. The molecule has 0 aliphatic carbocycles. The molecule has 0 aliphatic heterocycles. The number of benzene rings is 1. The van der Waals surface area contributed by atoms with Gasteiger partial charge in [-0.1, -0.05) is 12.2 Å². The number of thiocarbonyl (C=S) groups is 1. The third-order valence-electron chi connectivity index (χ3n) is 2.52. The van der Waals surface area contributed by atoms with E-state index in [0.717, 1.165) is 11.1 Å². The van der Waals surface area contributed by atoms with Crippen molar-refractivity contribution in [1.82, 2.24) is 4.98 Å². The molecule has 2 rings (SSSR count). The molecule has 1 aromatic carbocycles. The molecule has 0 spiro atoms. The molecule has 0 saturated heterocycles. The lowest BCUT2D eigenvalue weighted by Crippen LogP contribution is -2.18. The summed E-state index contributed by atoms with van der Waals surface area (Å²) in [5.74, 6) is 0. The molecule has 106 valence electrons. The van der Waals surface area contributed by atoms with Crippen LogP contribution in [0, 0.1) is 0 Å². The normalized spacial score (nSPS) is 11.3. The number of halogens is 3. The van der Waals surface area contributed by atoms with E-state index in [9.17, 15) is 13.2 Å². The molecule has 0 bridgehead atoms. The lowest BCUT2D eigenvalue weighted by molar-refractivity contribution is -0.137. The number of nitrogens with one attached hydrogen (secondary N) is 1. The summed E-state index contributed by atoms with van der Waals surface area (Å²) in [5, 5.41) is 5.64. The van der Waals surface area contributed by atoms with E-state index in [0.29, 0.717) is 12.2 Å². The highest BCUT2D eigenvalue weighted by atomic mass is 32.1. The Morgan fingerprint density at radius 1 is 1.40 bits per heavy atom. The summed E-state index contributed by atoms with van der Waals surface area (Å²) in [5.41, 5.74) is 4.86. The number of anilines is 1. The Morgan fingerprint density at radius 2 is 2.15 bits per heavy atom. The van der Waals surface area contributed by atoms with Crippen LogP contribution < -0.4 is 11.1 Å². The maximum Gasteiger partial charge on any atom is 0.417 e. The standard InChI is InChI=1S/C12H10F3N3S2/c13-12(14,15)9-2-1-7(5-8(9)11(16)19)18-6-10-17-3-4-20-10/h1-5,18H,6H2,(H2,16,19). The second-order valence-corrected chi connectivity index (χ2v) is 5.32. The molecule has 0 saturated carbocycles. The highest BCUT2D eigenvalue weighted by Crippen LogP contribution is 2.33. The van der Waals surface area contributed by atoms with Crippen LogP contribution in [0.4, 0.5) is 18.9 Å². The summed E-state index contributed by atoms with van der Waals surface area (Å²) in [6.07, 6.45) is -2.82. The fraction of sp³-hybridized carbons (Fsp3) is 0.167. The predicted octanol–water partition coefficient (Wildman–Crippen LogP) is 3.41. The van der Waals surface area contributed by atoms with Gasteiger partial charge in [0.2, 0.25) is 0 Å². The lowest BCUT2D eigenvalue weighted by atomic mass is 10.1. The molecule has 1 aromatic heterocycles. The zero-order chi connectivity index (χ0) is 14.8. The monoisotopic (exact) mass is 317 g/mol. The number of hydrogen-bond acceptors (Lipinski definition) is 4. The quantitative estimate of drug-likeness (QED) is 0.849. The maximum absolute atomic E-state index is 12.8. The Morgan fingerprint density at radius 3 is 2.70 bits per heavy atom. The first-order chi connectivity index (χ1) is 9.38. The molecule has 0 aliphatic rings. The van der Waals surface area contributed by atoms with Gasteiger partial charge in [0.1, 0.15) is 10.00 Å². The number of rotatable bonds is 4. The summed E-state index contributed by atoms with van der Waals surface area (Å²) in [7, 11) is 0. The van der Waals surface area contributed by atoms with Crippen molar-refractivity contribution >= 4 is 34.2 Å². The summed E-state index contributed by atoms with van der Waals surface area (Å²) in [6, 6.07) is 3.62. The van der Waals surface area contributed by atoms with Crippen LogP contribution in [0.2, 0.25) is 0 Å². The molecule has 1 heterocycles. The third kappa shape index (κ3) is 3.45. The van der Waals surface area contributed by atoms with E-state index in [1.165, 1.54) is 23.5 Å². The van der Waals surface area contributed by atoms with Crippen molar-refractivity contribution in [2.45, 2.75) is 12.7 Å². The minimum absolute atomic E-state index is 0.184. The van der Waals surface area contributed by atoms with Gasteiger partial charge in [0.15, 0.2) is 0 Å². The van der Waals surface area contributed by atoms with E-state index in [1.54, 1.807) is 6.20 Å². The number of thiazole rings is 1. The summed E-state index contributed by atoms with van der Waals surface area (Å²) < 4.78 is 38.4. The van der Waals surface area contributed by atoms with Gasteiger partial charge in [-0.25, -0.2) is 4.98 Å². The highest BCUT2D eigenvalue weighted by Gasteiger charge is 2.34. The Kier molecular flexibility index (Phi) is 4.24. The van der Waals surface area contributed by atoms with Crippen molar-refractivity contribution in [2.24, 2.45) is 5.73 Å². The van der Waals surface area contributed by atoms with Crippen LogP contribution >= 0.6 is 23.6 Å². The van der Waals surface area contributed by atoms with E-state index < -0.39 is 11.7 Å². The fourth-order valence-electron chi connectivity index (χ4n) is 1.62. The van der Waals surface area contributed by atoms with Gasteiger partial charge in [-0.3, -0.25) is 0 Å². The van der Waals surface area contributed by atoms with Gasteiger partial charge < -0.3 is 11.1 Å². The Hall–Kier alpha value is -1.67. The Labute approximate surface area is 122 Å². The Balaban J connectivity index is 2.24. The fourth-order valence-corrected chi connectivity index (χ4v) is 2.35. The molecule has 2 aromatic rings. The average molecular weight is 317 g/mol. The number of nitrogens with zero attached hydrogens (tertiary/aromatic N) is 1. The first-order valence-electron chi connectivity index (χ1n) is 5.51. The van der Waals surface area contributed by atoms with Crippen molar-refractivity contribution in [3.63, 3.8) is 0 Å². The molecule has 20 heavy (non-hydrogen) atoms. The van der Waals surface area contributed by atoms with Gasteiger partial charge in [0, 0.05) is 22.8 Å². The number of aromatic nitrogens is 1. The summed E-state index contributed by atoms with van der Waals surface area (Å²) in [4.78, 5) is 3.79. The minimum Gasteiger partial charge on any atom is -0.389 e. The molecule has 3 nitrogen and oxygen atoms in total. The van der Waals surface area contributed by atoms with E-state index in [2.05, 4.69) is 22.5 Å². The van der Waals surface area contributed by atoms with E-state index in [-0.39, 0.29) is 10.6 Å². The largest absolute Gasteiger partial charge is 0.417 e. The zero-order valence-corrected chi connectivity index (χ0v) is 11.7.